The largest absolute Gasteiger partial charge is 0.460 e. The van der Waals surface area contributed by atoms with E-state index in [0.29, 0.717) is 41.9 Å². The lowest BCUT2D eigenvalue weighted by Crippen LogP contribution is -2.58. The quantitative estimate of drug-likeness (QED) is 0.539. The average molecular weight is 449 g/mol. The zero-order valence-corrected chi connectivity index (χ0v) is 21.4. The Morgan fingerprint density at radius 2 is 1.66 bits per heavy atom. The Labute approximate surface area is 195 Å². The Kier molecular flexibility index (Phi) is 6.55. The monoisotopic (exact) mass is 448 g/mol. The van der Waals surface area contributed by atoms with Gasteiger partial charge in [-0.15, -0.1) is 0 Å². The molecule has 4 heteroatoms. The van der Waals surface area contributed by atoms with Crippen molar-refractivity contribution in [3.63, 3.8) is 0 Å². The molecule has 184 valence electrons. The minimum absolute atomic E-state index is 0.0751. The van der Waals surface area contributed by atoms with Crippen LogP contribution in [0.5, 0.6) is 0 Å². The smallest absolute Gasteiger partial charge is 0.306 e. The molecule has 0 spiro atoms. The van der Waals surface area contributed by atoms with Crippen molar-refractivity contribution in [1.29, 1.82) is 0 Å². The summed E-state index contributed by atoms with van der Waals surface area (Å²) in [5.41, 5.74) is 0.140. The van der Waals surface area contributed by atoms with Crippen molar-refractivity contribution in [2.24, 2.45) is 46.3 Å². The van der Waals surface area contributed by atoms with Crippen LogP contribution in [-0.2, 0) is 9.53 Å². The number of aliphatic hydroxyl groups excluding tert-OH is 2. The van der Waals surface area contributed by atoms with Crippen molar-refractivity contribution < 1.29 is 19.7 Å². The highest BCUT2D eigenvalue weighted by Gasteiger charge is 2.62. The van der Waals surface area contributed by atoms with Gasteiger partial charge in [0.2, 0.25) is 0 Å². The highest BCUT2D eigenvalue weighted by atomic mass is 16.6. The lowest BCUT2D eigenvalue weighted by atomic mass is 9.43. The lowest BCUT2D eigenvalue weighted by molar-refractivity contribution is -0.174. The minimum atomic E-state index is -0.413. The number of carbonyl (C=O) groups is 1. The maximum atomic E-state index is 12.3. The van der Waals surface area contributed by atoms with Crippen LogP contribution in [0, 0.1) is 46.3 Å². The van der Waals surface area contributed by atoms with E-state index in [0.717, 1.165) is 32.1 Å². The van der Waals surface area contributed by atoms with Gasteiger partial charge in [0.15, 0.2) is 0 Å². The number of carbonyl (C=O) groups excluding carboxylic acids is 1. The third kappa shape index (κ3) is 4.28. The molecule has 0 aromatic rings. The van der Waals surface area contributed by atoms with Gasteiger partial charge < -0.3 is 14.9 Å². The first-order valence-electron chi connectivity index (χ1n) is 13.4. The van der Waals surface area contributed by atoms with Crippen molar-refractivity contribution in [3.05, 3.63) is 0 Å². The molecule has 4 saturated carbocycles. The highest BCUT2D eigenvalue weighted by molar-refractivity contribution is 5.69. The molecule has 10 atom stereocenters. The van der Waals surface area contributed by atoms with E-state index in [2.05, 4.69) is 20.8 Å². The summed E-state index contributed by atoms with van der Waals surface area (Å²) >= 11 is 0. The van der Waals surface area contributed by atoms with Gasteiger partial charge in [-0.3, -0.25) is 4.79 Å². The summed E-state index contributed by atoms with van der Waals surface area (Å²) in [7, 11) is 0. The fourth-order valence-electron chi connectivity index (χ4n) is 9.11. The molecule has 32 heavy (non-hydrogen) atoms. The fraction of sp³-hybridized carbons (Fsp3) is 0.964. The maximum Gasteiger partial charge on any atom is 0.306 e. The first-order chi connectivity index (χ1) is 14.8. The van der Waals surface area contributed by atoms with Crippen LogP contribution in [0.4, 0.5) is 0 Å². The van der Waals surface area contributed by atoms with Gasteiger partial charge >= 0.3 is 5.97 Å². The molecule has 0 aromatic heterocycles. The number of aliphatic hydroxyl groups is 2. The Balaban J connectivity index is 1.46. The van der Waals surface area contributed by atoms with E-state index < -0.39 is 5.60 Å². The fourth-order valence-corrected chi connectivity index (χ4v) is 9.11. The van der Waals surface area contributed by atoms with Gasteiger partial charge in [-0.1, -0.05) is 20.8 Å². The molecule has 0 radical (unpaired) electrons. The Morgan fingerprint density at radius 3 is 2.34 bits per heavy atom. The van der Waals surface area contributed by atoms with Crippen LogP contribution < -0.4 is 0 Å². The number of rotatable bonds is 4. The second-order valence-electron chi connectivity index (χ2n) is 13.6. The first kappa shape index (κ1) is 24.5. The SMILES string of the molecule is CC(CCC(=O)OC(C)(C)C)C1CCC2C3C(O)CC4CC(O)CCC4(C)C3CCC12C. The van der Waals surface area contributed by atoms with Gasteiger partial charge in [0.25, 0.3) is 0 Å². The first-order valence-corrected chi connectivity index (χ1v) is 13.4. The molecule has 0 heterocycles. The van der Waals surface area contributed by atoms with Crippen molar-refractivity contribution in [2.45, 2.75) is 124 Å². The van der Waals surface area contributed by atoms with E-state index in [9.17, 15) is 15.0 Å². The van der Waals surface area contributed by atoms with Crippen molar-refractivity contribution in [3.8, 4) is 0 Å². The van der Waals surface area contributed by atoms with Gasteiger partial charge in [0, 0.05) is 6.42 Å². The molecule has 0 aliphatic heterocycles. The molecular formula is C28H48O4. The summed E-state index contributed by atoms with van der Waals surface area (Å²) in [5.74, 6) is 3.12. The van der Waals surface area contributed by atoms with E-state index in [1.54, 1.807) is 0 Å². The molecule has 0 saturated heterocycles. The molecule has 4 nitrogen and oxygen atoms in total. The summed E-state index contributed by atoms with van der Waals surface area (Å²) in [6.07, 6.45) is 9.72. The summed E-state index contributed by atoms with van der Waals surface area (Å²) in [4.78, 5) is 12.3. The van der Waals surface area contributed by atoms with Crippen LogP contribution in [0.3, 0.4) is 0 Å². The molecule has 4 fully saturated rings. The van der Waals surface area contributed by atoms with Crippen LogP contribution in [0.1, 0.15) is 106 Å². The van der Waals surface area contributed by atoms with Gasteiger partial charge in [-0.05, 0) is 125 Å². The second kappa shape index (κ2) is 8.56. The van der Waals surface area contributed by atoms with Crippen LogP contribution in [-0.4, -0.2) is 34.0 Å². The van der Waals surface area contributed by atoms with Crippen LogP contribution in [0.25, 0.3) is 0 Å². The van der Waals surface area contributed by atoms with Crippen molar-refractivity contribution in [1.82, 2.24) is 0 Å². The normalized spacial score (nSPS) is 47.2. The predicted octanol–water partition coefficient (Wildman–Crippen LogP) is 5.74. The van der Waals surface area contributed by atoms with Gasteiger partial charge in [-0.2, -0.15) is 0 Å². The van der Waals surface area contributed by atoms with Gasteiger partial charge in [-0.25, -0.2) is 0 Å². The minimum Gasteiger partial charge on any atom is -0.460 e. The third-order valence-electron chi connectivity index (χ3n) is 10.6. The molecule has 10 unspecified atom stereocenters. The Bertz CT molecular complexity index is 698. The summed E-state index contributed by atoms with van der Waals surface area (Å²) in [6.45, 7) is 13.1. The zero-order valence-electron chi connectivity index (χ0n) is 21.4. The van der Waals surface area contributed by atoms with Crippen molar-refractivity contribution >= 4 is 5.97 Å². The van der Waals surface area contributed by atoms with E-state index >= 15 is 0 Å². The maximum absolute atomic E-state index is 12.3. The number of fused-ring (bicyclic) bond motifs is 5. The third-order valence-corrected chi connectivity index (χ3v) is 10.6. The molecule has 0 bridgehead atoms. The van der Waals surface area contributed by atoms with Crippen molar-refractivity contribution in [2.75, 3.05) is 0 Å². The van der Waals surface area contributed by atoms with E-state index in [1.807, 2.05) is 20.8 Å². The number of hydrogen-bond donors (Lipinski definition) is 2. The lowest BCUT2D eigenvalue weighted by Gasteiger charge is -2.62. The zero-order chi connectivity index (χ0) is 23.5. The van der Waals surface area contributed by atoms with Crippen LogP contribution in [0.15, 0.2) is 0 Å². The van der Waals surface area contributed by atoms with Gasteiger partial charge in [0.1, 0.15) is 5.60 Å². The summed E-state index contributed by atoms with van der Waals surface area (Å²) in [6, 6.07) is 0. The standard InChI is InChI=1S/C28H48O4/c1-17(7-10-24(31)32-26(2,3)4)20-8-9-21-25-22(12-14-28(20,21)6)27(5)13-11-19(29)15-18(27)16-23(25)30/h17-23,25,29-30H,7-16H2,1-6H3. The Morgan fingerprint density at radius 1 is 1.00 bits per heavy atom. The molecule has 4 rings (SSSR count). The summed E-state index contributed by atoms with van der Waals surface area (Å²) in [5, 5.41) is 21.6. The predicted molar refractivity (Wildman–Crippen MR) is 127 cm³/mol. The highest BCUT2D eigenvalue weighted by Crippen LogP contribution is 2.68. The number of hydrogen-bond acceptors (Lipinski definition) is 4. The molecule has 2 N–H and O–H groups in total. The van der Waals surface area contributed by atoms with Crippen LogP contribution >= 0.6 is 0 Å². The number of esters is 1. The molecule has 4 aliphatic rings. The molecule has 0 aromatic carbocycles. The molecule has 0 amide bonds. The molecular weight excluding hydrogens is 400 g/mol. The van der Waals surface area contributed by atoms with Gasteiger partial charge in [0.05, 0.1) is 12.2 Å². The molecule has 4 aliphatic carbocycles. The van der Waals surface area contributed by atoms with E-state index in [-0.39, 0.29) is 29.0 Å². The van der Waals surface area contributed by atoms with E-state index in [1.165, 1.54) is 25.7 Å². The Hall–Kier alpha value is -0.610. The topological polar surface area (TPSA) is 66.8 Å². The second-order valence-corrected chi connectivity index (χ2v) is 13.6. The summed E-state index contributed by atoms with van der Waals surface area (Å²) < 4.78 is 5.55. The van der Waals surface area contributed by atoms with Crippen LogP contribution in [0.2, 0.25) is 0 Å². The van der Waals surface area contributed by atoms with E-state index in [4.69, 9.17) is 4.74 Å². The average Bonchev–Trinajstić information content (AvgIpc) is 3.03. The number of ether oxygens (including phenoxy) is 1.